The Hall–Kier alpha value is -0.710. The molecular formula is C13H12BrFOS. The molecule has 0 aliphatic rings. The van der Waals surface area contributed by atoms with Crippen molar-refractivity contribution in [2.75, 3.05) is 0 Å². The van der Waals surface area contributed by atoms with E-state index in [4.69, 9.17) is 0 Å². The van der Waals surface area contributed by atoms with E-state index in [2.05, 4.69) is 22.0 Å². The summed E-state index contributed by atoms with van der Waals surface area (Å²) in [5, 5.41) is 12.0. The molecule has 2 aromatic rings. The molecule has 0 aliphatic heterocycles. The van der Waals surface area contributed by atoms with Gasteiger partial charge in [0, 0.05) is 4.88 Å². The molecule has 0 spiro atoms. The molecule has 1 atom stereocenters. The zero-order chi connectivity index (χ0) is 12.3. The van der Waals surface area contributed by atoms with Gasteiger partial charge in [-0.2, -0.15) is 0 Å². The van der Waals surface area contributed by atoms with Crippen LogP contribution >= 0.6 is 27.3 Å². The van der Waals surface area contributed by atoms with E-state index in [1.54, 1.807) is 23.5 Å². The van der Waals surface area contributed by atoms with Gasteiger partial charge in [0.05, 0.1) is 10.6 Å². The van der Waals surface area contributed by atoms with E-state index in [1.165, 1.54) is 10.9 Å². The van der Waals surface area contributed by atoms with E-state index in [0.717, 1.165) is 12.0 Å². The summed E-state index contributed by atoms with van der Waals surface area (Å²) >= 11 is 4.81. The molecule has 0 fully saturated rings. The number of rotatable bonds is 4. The Morgan fingerprint density at radius 2 is 2.18 bits per heavy atom. The fraction of sp³-hybridized carbons (Fsp3) is 0.231. The Morgan fingerprint density at radius 1 is 1.35 bits per heavy atom. The summed E-state index contributed by atoms with van der Waals surface area (Å²) in [4.78, 5) is 1.25. The molecule has 0 saturated carbocycles. The number of aliphatic hydroxyl groups is 1. The normalized spacial score (nSPS) is 12.6. The van der Waals surface area contributed by atoms with Crippen molar-refractivity contribution in [1.82, 2.24) is 0 Å². The predicted molar refractivity (Wildman–Crippen MR) is 71.7 cm³/mol. The second-order valence-corrected chi connectivity index (χ2v) is 5.69. The van der Waals surface area contributed by atoms with Crippen LogP contribution in [0.1, 0.15) is 23.0 Å². The molecule has 0 aliphatic carbocycles. The number of benzene rings is 1. The summed E-state index contributed by atoms with van der Waals surface area (Å²) in [6.07, 6.45) is 0.945. The standard InChI is InChI=1S/C13H12BrFOS/c14-11-8-9(3-5-12(11)15)13(16)6-4-10-2-1-7-17-10/h1-3,5,7-8,13,16H,4,6H2. The predicted octanol–water partition coefficient (Wildman–Crippen LogP) is 4.32. The average molecular weight is 315 g/mol. The van der Waals surface area contributed by atoms with Crippen LogP contribution in [0.25, 0.3) is 0 Å². The maximum absolute atomic E-state index is 13.0. The van der Waals surface area contributed by atoms with Crippen molar-refractivity contribution < 1.29 is 9.50 Å². The van der Waals surface area contributed by atoms with E-state index in [-0.39, 0.29) is 5.82 Å². The molecule has 0 amide bonds. The lowest BCUT2D eigenvalue weighted by molar-refractivity contribution is 0.168. The highest BCUT2D eigenvalue weighted by Crippen LogP contribution is 2.25. The molecule has 4 heteroatoms. The monoisotopic (exact) mass is 314 g/mol. The third kappa shape index (κ3) is 3.37. The molecule has 1 N–H and O–H groups in total. The SMILES string of the molecule is OC(CCc1cccs1)c1ccc(F)c(Br)c1. The highest BCUT2D eigenvalue weighted by molar-refractivity contribution is 9.10. The second kappa shape index (κ2) is 5.76. The first-order valence-corrected chi connectivity index (χ1v) is 6.99. The maximum atomic E-state index is 13.0. The van der Waals surface area contributed by atoms with Crippen molar-refractivity contribution in [3.63, 3.8) is 0 Å². The summed E-state index contributed by atoms with van der Waals surface area (Å²) in [6, 6.07) is 8.68. The minimum absolute atomic E-state index is 0.306. The summed E-state index contributed by atoms with van der Waals surface area (Å²) in [5.41, 5.74) is 0.745. The molecule has 1 heterocycles. The lowest BCUT2D eigenvalue weighted by Gasteiger charge is -2.10. The molecule has 0 saturated heterocycles. The van der Waals surface area contributed by atoms with Crippen LogP contribution in [0.2, 0.25) is 0 Å². The van der Waals surface area contributed by atoms with Gasteiger partial charge in [0.2, 0.25) is 0 Å². The topological polar surface area (TPSA) is 20.2 Å². The van der Waals surface area contributed by atoms with E-state index in [1.807, 2.05) is 11.4 Å². The zero-order valence-corrected chi connectivity index (χ0v) is 11.5. The number of halogens is 2. The van der Waals surface area contributed by atoms with Gasteiger partial charge in [0.25, 0.3) is 0 Å². The van der Waals surface area contributed by atoms with E-state index >= 15 is 0 Å². The molecule has 17 heavy (non-hydrogen) atoms. The quantitative estimate of drug-likeness (QED) is 0.891. The van der Waals surface area contributed by atoms with Crippen LogP contribution in [-0.2, 0) is 6.42 Å². The molecule has 0 radical (unpaired) electrons. The molecule has 1 aromatic heterocycles. The molecule has 1 aromatic carbocycles. The summed E-state index contributed by atoms with van der Waals surface area (Å²) in [6.45, 7) is 0. The number of hydrogen-bond donors (Lipinski definition) is 1. The smallest absolute Gasteiger partial charge is 0.137 e. The van der Waals surface area contributed by atoms with Gasteiger partial charge in [0.15, 0.2) is 0 Å². The van der Waals surface area contributed by atoms with Crippen LogP contribution in [0, 0.1) is 5.82 Å². The van der Waals surface area contributed by atoms with Crippen LogP contribution in [0.5, 0.6) is 0 Å². The first kappa shape index (κ1) is 12.7. The van der Waals surface area contributed by atoms with Crippen LogP contribution < -0.4 is 0 Å². The lowest BCUT2D eigenvalue weighted by Crippen LogP contribution is -1.99. The zero-order valence-electron chi connectivity index (χ0n) is 9.07. The van der Waals surface area contributed by atoms with Crippen molar-refractivity contribution >= 4 is 27.3 Å². The van der Waals surface area contributed by atoms with Gasteiger partial charge in [-0.05, 0) is 57.9 Å². The third-order valence-corrected chi connectivity index (χ3v) is 4.12. The van der Waals surface area contributed by atoms with Crippen molar-refractivity contribution in [2.24, 2.45) is 0 Å². The number of aliphatic hydroxyl groups excluding tert-OH is 1. The number of hydrogen-bond acceptors (Lipinski definition) is 2. The van der Waals surface area contributed by atoms with Crippen LogP contribution in [0.3, 0.4) is 0 Å². The molecule has 0 bridgehead atoms. The molecular weight excluding hydrogens is 303 g/mol. The number of aryl methyl sites for hydroxylation is 1. The number of thiophene rings is 1. The van der Waals surface area contributed by atoms with Gasteiger partial charge < -0.3 is 5.11 Å². The van der Waals surface area contributed by atoms with Crippen molar-refractivity contribution in [1.29, 1.82) is 0 Å². The van der Waals surface area contributed by atoms with Crippen LogP contribution in [0.4, 0.5) is 4.39 Å². The van der Waals surface area contributed by atoms with Crippen LogP contribution in [-0.4, -0.2) is 5.11 Å². The Balaban J connectivity index is 1.99. The fourth-order valence-electron chi connectivity index (χ4n) is 1.62. The van der Waals surface area contributed by atoms with Gasteiger partial charge in [-0.3, -0.25) is 0 Å². The van der Waals surface area contributed by atoms with E-state index < -0.39 is 6.10 Å². The van der Waals surface area contributed by atoms with Crippen molar-refractivity contribution in [2.45, 2.75) is 18.9 Å². The minimum atomic E-state index is -0.547. The molecule has 90 valence electrons. The summed E-state index contributed by atoms with van der Waals surface area (Å²) in [7, 11) is 0. The van der Waals surface area contributed by atoms with Crippen molar-refractivity contribution in [3.05, 3.63) is 56.4 Å². The second-order valence-electron chi connectivity index (χ2n) is 3.81. The van der Waals surface area contributed by atoms with Gasteiger partial charge in [-0.25, -0.2) is 4.39 Å². The Morgan fingerprint density at radius 3 is 2.82 bits per heavy atom. The Kier molecular flexibility index (Phi) is 4.31. The van der Waals surface area contributed by atoms with Crippen molar-refractivity contribution in [3.8, 4) is 0 Å². The van der Waals surface area contributed by atoms with E-state index in [0.29, 0.717) is 10.9 Å². The first-order chi connectivity index (χ1) is 8.16. The van der Waals surface area contributed by atoms with Gasteiger partial charge in [-0.1, -0.05) is 12.1 Å². The molecule has 1 unspecified atom stereocenters. The minimum Gasteiger partial charge on any atom is -0.388 e. The fourth-order valence-corrected chi connectivity index (χ4v) is 2.74. The summed E-state index contributed by atoms with van der Waals surface area (Å²) < 4.78 is 13.4. The highest BCUT2D eigenvalue weighted by Gasteiger charge is 2.10. The Labute approximate surface area is 112 Å². The average Bonchev–Trinajstić information content (AvgIpc) is 2.82. The van der Waals surface area contributed by atoms with Crippen LogP contribution in [0.15, 0.2) is 40.2 Å². The largest absolute Gasteiger partial charge is 0.388 e. The maximum Gasteiger partial charge on any atom is 0.137 e. The van der Waals surface area contributed by atoms with Gasteiger partial charge in [0.1, 0.15) is 5.82 Å². The summed E-state index contributed by atoms with van der Waals surface area (Å²) in [5.74, 6) is -0.306. The lowest BCUT2D eigenvalue weighted by atomic mass is 10.0. The van der Waals surface area contributed by atoms with Gasteiger partial charge in [-0.15, -0.1) is 11.3 Å². The Bertz CT molecular complexity index is 484. The molecule has 2 rings (SSSR count). The highest BCUT2D eigenvalue weighted by atomic mass is 79.9. The van der Waals surface area contributed by atoms with E-state index in [9.17, 15) is 9.50 Å². The third-order valence-electron chi connectivity index (χ3n) is 2.57. The molecule has 1 nitrogen and oxygen atoms in total. The van der Waals surface area contributed by atoms with Gasteiger partial charge >= 0.3 is 0 Å². The first-order valence-electron chi connectivity index (χ1n) is 5.32.